The number of hydrogen-bond acceptors (Lipinski definition) is 4. The van der Waals surface area contributed by atoms with E-state index in [4.69, 9.17) is 17.0 Å². The lowest BCUT2D eigenvalue weighted by atomic mass is 10.0. The first-order chi connectivity index (χ1) is 15.0. The van der Waals surface area contributed by atoms with Gasteiger partial charge in [0.15, 0.2) is 5.11 Å². The van der Waals surface area contributed by atoms with E-state index in [-0.39, 0.29) is 12.1 Å². The Hall–Kier alpha value is -2.00. The summed E-state index contributed by atoms with van der Waals surface area (Å²) < 4.78 is 33.3. The summed E-state index contributed by atoms with van der Waals surface area (Å²) in [7, 11) is -3.43. The predicted molar refractivity (Wildman–Crippen MR) is 127 cm³/mol. The van der Waals surface area contributed by atoms with E-state index in [2.05, 4.69) is 29.3 Å². The molecule has 2 aliphatic rings. The Morgan fingerprint density at radius 3 is 2.35 bits per heavy atom. The molecule has 0 bridgehead atoms. The van der Waals surface area contributed by atoms with E-state index in [1.807, 2.05) is 18.2 Å². The molecular weight excluding hydrogens is 430 g/mol. The molecule has 2 fully saturated rings. The van der Waals surface area contributed by atoms with Crippen molar-refractivity contribution in [3.8, 4) is 0 Å². The Morgan fingerprint density at radius 2 is 1.68 bits per heavy atom. The summed E-state index contributed by atoms with van der Waals surface area (Å²) >= 11 is 5.68. The largest absolute Gasteiger partial charge is 0.370 e. The van der Waals surface area contributed by atoms with E-state index in [1.165, 1.54) is 0 Å². The Kier molecular flexibility index (Phi) is 6.91. The summed E-state index contributed by atoms with van der Waals surface area (Å²) in [6, 6.07) is 17.1. The molecule has 0 spiro atoms. The van der Waals surface area contributed by atoms with E-state index >= 15 is 0 Å². The number of sulfonamides is 1. The fraction of sp³-hybridized carbons (Fsp3) is 0.435. The molecule has 0 aromatic heterocycles. The van der Waals surface area contributed by atoms with Crippen LogP contribution < -0.4 is 5.32 Å². The van der Waals surface area contributed by atoms with Gasteiger partial charge in [0.2, 0.25) is 10.0 Å². The molecule has 0 amide bonds. The van der Waals surface area contributed by atoms with E-state index in [0.29, 0.717) is 36.2 Å². The molecule has 2 aromatic carbocycles. The fourth-order valence-electron chi connectivity index (χ4n) is 4.25. The average Bonchev–Trinajstić information content (AvgIpc) is 2.80. The Morgan fingerprint density at radius 1 is 1.00 bits per heavy atom. The van der Waals surface area contributed by atoms with E-state index in [0.717, 1.165) is 30.5 Å². The third-order valence-electron chi connectivity index (χ3n) is 6.01. The third-order valence-corrected chi connectivity index (χ3v) is 8.26. The number of nitrogens with zero attached hydrogens (tertiary/aromatic N) is 2. The zero-order chi connectivity index (χ0) is 21.8. The first kappa shape index (κ1) is 22.2. The van der Waals surface area contributed by atoms with Gasteiger partial charge >= 0.3 is 0 Å². The molecule has 4 rings (SSSR count). The minimum absolute atomic E-state index is 0.0493. The normalized spacial score (nSPS) is 22.8. The van der Waals surface area contributed by atoms with Gasteiger partial charge in [-0.1, -0.05) is 36.8 Å². The third kappa shape index (κ3) is 4.92. The van der Waals surface area contributed by atoms with Crippen molar-refractivity contribution < 1.29 is 13.2 Å². The molecule has 0 saturated carbocycles. The highest BCUT2D eigenvalue weighted by molar-refractivity contribution is 7.89. The summed E-state index contributed by atoms with van der Waals surface area (Å²) in [5.41, 5.74) is 1.91. The maximum Gasteiger partial charge on any atom is 0.243 e. The van der Waals surface area contributed by atoms with Crippen LogP contribution in [0.3, 0.4) is 0 Å². The Labute approximate surface area is 190 Å². The molecule has 31 heavy (non-hydrogen) atoms. The molecule has 6 nitrogen and oxygen atoms in total. The number of thiocarbonyl (C=S) groups is 1. The zero-order valence-corrected chi connectivity index (χ0v) is 19.4. The van der Waals surface area contributed by atoms with Crippen LogP contribution in [0.4, 0.5) is 5.69 Å². The van der Waals surface area contributed by atoms with Crippen molar-refractivity contribution in [1.82, 2.24) is 9.21 Å². The van der Waals surface area contributed by atoms with Gasteiger partial charge in [-0.15, -0.1) is 0 Å². The minimum atomic E-state index is -3.43. The second kappa shape index (κ2) is 9.65. The van der Waals surface area contributed by atoms with Gasteiger partial charge in [-0.25, -0.2) is 8.42 Å². The standard InChI is InChI=1S/C23H29N3O3S2/c1-18-22(19-8-4-2-5-9-19)29-17-16-26(18)23(30)24-20-10-12-21(13-11-20)31(27,28)25-14-6-3-7-15-25/h2,4-5,8-13,18,22H,3,6-7,14-17H2,1H3,(H,24,30)/t18-,22-/m0/s1. The topological polar surface area (TPSA) is 61.9 Å². The number of ether oxygens (including phenoxy) is 1. The second-order valence-electron chi connectivity index (χ2n) is 8.06. The average molecular weight is 460 g/mol. The van der Waals surface area contributed by atoms with Gasteiger partial charge in [-0.2, -0.15) is 4.31 Å². The Balaban J connectivity index is 1.42. The van der Waals surface area contributed by atoms with Crippen molar-refractivity contribution in [1.29, 1.82) is 0 Å². The molecule has 2 saturated heterocycles. The summed E-state index contributed by atoms with van der Waals surface area (Å²) in [6.07, 6.45) is 2.90. The second-order valence-corrected chi connectivity index (χ2v) is 10.4. The maximum atomic E-state index is 12.8. The molecular formula is C23H29N3O3S2. The summed E-state index contributed by atoms with van der Waals surface area (Å²) in [4.78, 5) is 2.46. The SMILES string of the molecule is C[C@H]1[C@@H](c2ccccc2)OCCN1C(=S)Nc1ccc(S(=O)(=O)N2CCCCC2)cc1. The first-order valence-corrected chi connectivity index (χ1v) is 12.7. The molecule has 2 heterocycles. The highest BCUT2D eigenvalue weighted by atomic mass is 32.2. The highest BCUT2D eigenvalue weighted by Gasteiger charge is 2.31. The van der Waals surface area contributed by atoms with Gasteiger partial charge in [-0.3, -0.25) is 0 Å². The quantitative estimate of drug-likeness (QED) is 0.697. The lowest BCUT2D eigenvalue weighted by Crippen LogP contribution is -2.50. The van der Waals surface area contributed by atoms with E-state index in [1.54, 1.807) is 28.6 Å². The lowest BCUT2D eigenvalue weighted by Gasteiger charge is -2.41. The van der Waals surface area contributed by atoms with Crippen LogP contribution >= 0.6 is 12.2 Å². The van der Waals surface area contributed by atoms with Gasteiger partial charge < -0.3 is 15.0 Å². The van der Waals surface area contributed by atoms with Crippen LogP contribution in [0, 0.1) is 0 Å². The predicted octanol–water partition coefficient (Wildman–Crippen LogP) is 4.02. The van der Waals surface area contributed by atoms with Crippen LogP contribution in [0.25, 0.3) is 0 Å². The first-order valence-electron chi connectivity index (χ1n) is 10.8. The number of hydrogen-bond donors (Lipinski definition) is 1. The van der Waals surface area contributed by atoms with Crippen molar-refractivity contribution in [2.45, 2.75) is 43.2 Å². The number of rotatable bonds is 4. The number of anilines is 1. The van der Waals surface area contributed by atoms with Gasteiger partial charge in [0.05, 0.1) is 17.5 Å². The number of nitrogens with one attached hydrogen (secondary N) is 1. The number of morpholine rings is 1. The molecule has 166 valence electrons. The van der Waals surface area contributed by atoms with Crippen LogP contribution in [0.1, 0.15) is 37.9 Å². The van der Waals surface area contributed by atoms with Crippen LogP contribution in [-0.2, 0) is 14.8 Å². The van der Waals surface area contributed by atoms with Gasteiger partial charge in [-0.05, 0) is 61.8 Å². The summed E-state index contributed by atoms with van der Waals surface area (Å²) in [6.45, 7) is 4.61. The Bertz CT molecular complexity index is 990. The monoisotopic (exact) mass is 459 g/mol. The molecule has 8 heteroatoms. The minimum Gasteiger partial charge on any atom is -0.370 e. The molecule has 0 radical (unpaired) electrons. The van der Waals surface area contributed by atoms with Gasteiger partial charge in [0.25, 0.3) is 0 Å². The summed E-state index contributed by atoms with van der Waals surface area (Å²) in [5, 5.41) is 3.88. The molecule has 0 unspecified atom stereocenters. The van der Waals surface area contributed by atoms with Crippen LogP contribution in [0.5, 0.6) is 0 Å². The van der Waals surface area contributed by atoms with Crippen molar-refractivity contribution >= 4 is 33.0 Å². The van der Waals surface area contributed by atoms with Crippen LogP contribution in [-0.4, -0.2) is 55.0 Å². The van der Waals surface area contributed by atoms with Crippen LogP contribution in [0.15, 0.2) is 59.5 Å². The molecule has 2 aromatic rings. The molecule has 2 atom stereocenters. The smallest absolute Gasteiger partial charge is 0.243 e. The highest BCUT2D eigenvalue weighted by Crippen LogP contribution is 2.29. The molecule has 1 N–H and O–H groups in total. The number of piperidine rings is 1. The zero-order valence-electron chi connectivity index (χ0n) is 17.7. The molecule has 0 aliphatic carbocycles. The lowest BCUT2D eigenvalue weighted by molar-refractivity contribution is -0.0404. The molecule has 2 aliphatic heterocycles. The van der Waals surface area contributed by atoms with E-state index in [9.17, 15) is 8.42 Å². The maximum absolute atomic E-state index is 12.8. The fourth-order valence-corrected chi connectivity index (χ4v) is 6.14. The van der Waals surface area contributed by atoms with Crippen molar-refractivity contribution in [3.05, 3.63) is 60.2 Å². The van der Waals surface area contributed by atoms with E-state index < -0.39 is 10.0 Å². The van der Waals surface area contributed by atoms with Crippen LogP contribution in [0.2, 0.25) is 0 Å². The van der Waals surface area contributed by atoms with Crippen molar-refractivity contribution in [3.63, 3.8) is 0 Å². The number of benzene rings is 2. The van der Waals surface area contributed by atoms with Gasteiger partial charge in [0.1, 0.15) is 6.10 Å². The summed E-state index contributed by atoms with van der Waals surface area (Å²) in [5.74, 6) is 0. The van der Waals surface area contributed by atoms with Gasteiger partial charge in [0, 0.05) is 25.3 Å². The van der Waals surface area contributed by atoms with Crippen molar-refractivity contribution in [2.75, 3.05) is 31.6 Å². The van der Waals surface area contributed by atoms with Crippen molar-refractivity contribution in [2.24, 2.45) is 0 Å².